The molecule has 2 aliphatic heterocycles. The van der Waals surface area contributed by atoms with Gasteiger partial charge in [-0.25, -0.2) is 0 Å². The maximum Gasteiger partial charge on any atom is 0.0715 e. The topological polar surface area (TPSA) is 15.3 Å². The minimum Gasteiger partial charge on any atom is -0.299 e. The molecular weight excluding hydrogens is 172 g/mol. The lowest BCUT2D eigenvalue weighted by atomic mass is 9.99. The molecule has 1 unspecified atom stereocenters. The summed E-state index contributed by atoms with van der Waals surface area (Å²) in [7, 11) is 0. The molecule has 1 N–H and O–H groups in total. The first-order valence-corrected chi connectivity index (χ1v) is 6.26. The summed E-state index contributed by atoms with van der Waals surface area (Å²) in [5.74, 6) is 0. The fourth-order valence-corrected chi connectivity index (χ4v) is 3.24. The molecule has 2 heteroatoms. The Morgan fingerprint density at radius 1 is 1.07 bits per heavy atom. The van der Waals surface area contributed by atoms with Crippen LogP contribution in [0.1, 0.15) is 52.4 Å². The average Bonchev–Trinajstić information content (AvgIpc) is 2.48. The third-order valence-electron chi connectivity index (χ3n) is 3.88. The van der Waals surface area contributed by atoms with E-state index in [1.807, 2.05) is 0 Å². The lowest BCUT2D eigenvalue weighted by Crippen LogP contribution is -2.57. The second-order valence-electron chi connectivity index (χ2n) is 5.16. The smallest absolute Gasteiger partial charge is 0.0715 e. The molecule has 82 valence electrons. The Hall–Kier alpha value is -0.0800. The summed E-state index contributed by atoms with van der Waals surface area (Å²) in [5, 5.41) is 3.77. The maximum atomic E-state index is 3.77. The molecule has 0 radical (unpaired) electrons. The SMILES string of the molecule is CC(C)N1CCCCCC12CCCN2. The van der Waals surface area contributed by atoms with Gasteiger partial charge in [-0.15, -0.1) is 0 Å². The Bertz CT molecular complexity index is 183. The zero-order valence-corrected chi connectivity index (χ0v) is 9.68. The van der Waals surface area contributed by atoms with Crippen LogP contribution in [0.25, 0.3) is 0 Å². The first-order chi connectivity index (χ1) is 6.75. The molecule has 2 aliphatic rings. The number of likely N-dealkylation sites (tertiary alicyclic amines) is 1. The normalized spacial score (nSPS) is 35.4. The van der Waals surface area contributed by atoms with Crippen LogP contribution in [0, 0.1) is 0 Å². The van der Waals surface area contributed by atoms with E-state index >= 15 is 0 Å². The van der Waals surface area contributed by atoms with Gasteiger partial charge in [-0.1, -0.05) is 12.8 Å². The largest absolute Gasteiger partial charge is 0.299 e. The second-order valence-corrected chi connectivity index (χ2v) is 5.16. The van der Waals surface area contributed by atoms with Gasteiger partial charge in [0.15, 0.2) is 0 Å². The van der Waals surface area contributed by atoms with Gasteiger partial charge in [-0.2, -0.15) is 0 Å². The summed E-state index contributed by atoms with van der Waals surface area (Å²) in [4.78, 5) is 2.72. The Kier molecular flexibility index (Phi) is 3.13. The summed E-state index contributed by atoms with van der Waals surface area (Å²) in [6.07, 6.45) is 8.32. The molecule has 2 fully saturated rings. The van der Waals surface area contributed by atoms with Crippen molar-refractivity contribution in [2.45, 2.75) is 64.1 Å². The van der Waals surface area contributed by atoms with Crippen LogP contribution in [-0.4, -0.2) is 29.7 Å². The predicted octanol–water partition coefficient (Wildman–Crippen LogP) is 2.35. The first-order valence-electron chi connectivity index (χ1n) is 6.26. The van der Waals surface area contributed by atoms with Crippen molar-refractivity contribution in [1.29, 1.82) is 0 Å². The van der Waals surface area contributed by atoms with E-state index < -0.39 is 0 Å². The van der Waals surface area contributed by atoms with Crippen molar-refractivity contribution in [3.8, 4) is 0 Å². The second kappa shape index (κ2) is 4.19. The van der Waals surface area contributed by atoms with Crippen LogP contribution in [0.2, 0.25) is 0 Å². The summed E-state index contributed by atoms with van der Waals surface area (Å²) in [6, 6.07) is 0.693. The van der Waals surface area contributed by atoms with Gasteiger partial charge >= 0.3 is 0 Å². The van der Waals surface area contributed by atoms with Gasteiger partial charge in [0.25, 0.3) is 0 Å². The quantitative estimate of drug-likeness (QED) is 0.692. The predicted molar refractivity (Wildman–Crippen MR) is 60.3 cm³/mol. The monoisotopic (exact) mass is 196 g/mol. The molecule has 2 nitrogen and oxygen atoms in total. The Labute approximate surface area is 88.1 Å². The van der Waals surface area contributed by atoms with E-state index in [4.69, 9.17) is 0 Å². The lowest BCUT2D eigenvalue weighted by Gasteiger charge is -2.43. The standard InChI is InChI=1S/C12H24N2/c1-11(2)14-10-5-3-4-7-12(14)8-6-9-13-12/h11,13H,3-10H2,1-2H3. The van der Waals surface area contributed by atoms with Crippen LogP contribution in [0.15, 0.2) is 0 Å². The molecule has 0 aromatic heterocycles. The molecule has 0 aromatic rings. The lowest BCUT2D eigenvalue weighted by molar-refractivity contribution is 0.0433. The van der Waals surface area contributed by atoms with Crippen molar-refractivity contribution in [2.24, 2.45) is 0 Å². The average molecular weight is 196 g/mol. The van der Waals surface area contributed by atoms with Gasteiger partial charge in [0.1, 0.15) is 0 Å². The molecule has 0 amide bonds. The van der Waals surface area contributed by atoms with Crippen LogP contribution in [0.4, 0.5) is 0 Å². The van der Waals surface area contributed by atoms with Gasteiger partial charge in [0.05, 0.1) is 5.66 Å². The Morgan fingerprint density at radius 3 is 2.50 bits per heavy atom. The van der Waals surface area contributed by atoms with E-state index in [0.717, 1.165) is 0 Å². The van der Waals surface area contributed by atoms with Crippen LogP contribution >= 0.6 is 0 Å². The first kappa shape index (κ1) is 10.4. The molecular formula is C12H24N2. The zero-order valence-electron chi connectivity index (χ0n) is 9.68. The van der Waals surface area contributed by atoms with Crippen molar-refractivity contribution in [3.05, 3.63) is 0 Å². The van der Waals surface area contributed by atoms with Crippen molar-refractivity contribution >= 4 is 0 Å². The number of hydrogen-bond donors (Lipinski definition) is 1. The summed E-state index contributed by atoms with van der Waals surface area (Å²) in [5.41, 5.74) is 0.380. The van der Waals surface area contributed by atoms with Gasteiger partial charge in [0, 0.05) is 12.6 Å². The molecule has 2 rings (SSSR count). The van der Waals surface area contributed by atoms with Gasteiger partial charge < -0.3 is 0 Å². The highest BCUT2D eigenvalue weighted by Gasteiger charge is 2.40. The fraction of sp³-hybridized carbons (Fsp3) is 1.00. The molecule has 0 aliphatic carbocycles. The third kappa shape index (κ3) is 1.82. The molecule has 0 saturated carbocycles. The number of nitrogens with one attached hydrogen (secondary N) is 1. The van der Waals surface area contributed by atoms with E-state index in [0.29, 0.717) is 11.7 Å². The third-order valence-corrected chi connectivity index (χ3v) is 3.88. The van der Waals surface area contributed by atoms with Crippen molar-refractivity contribution in [3.63, 3.8) is 0 Å². The van der Waals surface area contributed by atoms with Crippen molar-refractivity contribution < 1.29 is 0 Å². The minimum atomic E-state index is 0.380. The summed E-state index contributed by atoms with van der Waals surface area (Å²) < 4.78 is 0. The number of rotatable bonds is 1. The highest BCUT2D eigenvalue weighted by atomic mass is 15.3. The molecule has 0 aromatic carbocycles. The van der Waals surface area contributed by atoms with E-state index in [2.05, 4.69) is 24.1 Å². The van der Waals surface area contributed by atoms with E-state index in [1.165, 1.54) is 51.6 Å². The van der Waals surface area contributed by atoms with E-state index in [9.17, 15) is 0 Å². The molecule has 14 heavy (non-hydrogen) atoms. The summed E-state index contributed by atoms with van der Waals surface area (Å²) >= 11 is 0. The van der Waals surface area contributed by atoms with Crippen LogP contribution in [0.5, 0.6) is 0 Å². The zero-order chi connectivity index (χ0) is 10.0. The molecule has 1 spiro atoms. The van der Waals surface area contributed by atoms with Gasteiger partial charge in [-0.05, 0) is 46.1 Å². The van der Waals surface area contributed by atoms with Crippen LogP contribution in [0.3, 0.4) is 0 Å². The molecule has 1 atom stereocenters. The van der Waals surface area contributed by atoms with Crippen molar-refractivity contribution in [1.82, 2.24) is 10.2 Å². The van der Waals surface area contributed by atoms with Gasteiger partial charge in [0.2, 0.25) is 0 Å². The Balaban J connectivity index is 2.14. The van der Waals surface area contributed by atoms with Crippen LogP contribution in [-0.2, 0) is 0 Å². The highest BCUT2D eigenvalue weighted by molar-refractivity contribution is 4.95. The molecule has 0 bridgehead atoms. The van der Waals surface area contributed by atoms with E-state index in [1.54, 1.807) is 0 Å². The highest BCUT2D eigenvalue weighted by Crippen LogP contribution is 2.33. The number of nitrogens with zero attached hydrogens (tertiary/aromatic N) is 1. The molecule has 2 heterocycles. The Morgan fingerprint density at radius 2 is 1.86 bits per heavy atom. The minimum absolute atomic E-state index is 0.380. The number of hydrogen-bond acceptors (Lipinski definition) is 2. The maximum absolute atomic E-state index is 3.77. The van der Waals surface area contributed by atoms with Crippen LogP contribution < -0.4 is 5.32 Å². The van der Waals surface area contributed by atoms with E-state index in [-0.39, 0.29) is 0 Å². The fourth-order valence-electron chi connectivity index (χ4n) is 3.24. The summed E-state index contributed by atoms with van der Waals surface area (Å²) in [6.45, 7) is 7.20. The van der Waals surface area contributed by atoms with Gasteiger partial charge in [-0.3, -0.25) is 10.2 Å². The molecule has 2 saturated heterocycles. The van der Waals surface area contributed by atoms with Crippen molar-refractivity contribution in [2.75, 3.05) is 13.1 Å².